The van der Waals surface area contributed by atoms with Crippen LogP contribution in [0.25, 0.3) is 0 Å². The highest BCUT2D eigenvalue weighted by Crippen LogP contribution is 2.15. The quantitative estimate of drug-likeness (QED) is 0.796. The summed E-state index contributed by atoms with van der Waals surface area (Å²) in [6.07, 6.45) is 0. The molecule has 7 heteroatoms. The van der Waals surface area contributed by atoms with Crippen LogP contribution in [0.15, 0.2) is 23.1 Å². The molecule has 6 nitrogen and oxygen atoms in total. The van der Waals surface area contributed by atoms with Crippen LogP contribution in [0.2, 0.25) is 0 Å². The fourth-order valence-electron chi connectivity index (χ4n) is 1.53. The molecule has 0 atom stereocenters. The molecule has 0 bridgehead atoms. The second kappa shape index (κ2) is 7.23. The molecule has 0 spiro atoms. The van der Waals surface area contributed by atoms with Gasteiger partial charge in [-0.15, -0.1) is 0 Å². The molecule has 1 aromatic carbocycles. The van der Waals surface area contributed by atoms with Gasteiger partial charge < -0.3 is 4.74 Å². The summed E-state index contributed by atoms with van der Waals surface area (Å²) >= 11 is 0. The predicted octanol–water partition coefficient (Wildman–Crippen LogP) is 1.74. The topological polar surface area (TPSA) is 89.5 Å². The molecular formula is C16H23NO5S. The van der Waals surface area contributed by atoms with Gasteiger partial charge in [0.1, 0.15) is 6.54 Å². The summed E-state index contributed by atoms with van der Waals surface area (Å²) in [5.41, 5.74) is 1.20. The first kappa shape index (κ1) is 19.3. The molecule has 0 heterocycles. The van der Waals surface area contributed by atoms with Crippen molar-refractivity contribution in [2.75, 3.05) is 13.2 Å². The Morgan fingerprint density at radius 3 is 2.26 bits per heavy atom. The molecule has 1 N–H and O–H groups in total. The maximum atomic E-state index is 12.1. The van der Waals surface area contributed by atoms with Gasteiger partial charge >= 0.3 is 5.97 Å². The number of nitrogens with one attached hydrogen (secondary N) is 1. The van der Waals surface area contributed by atoms with Gasteiger partial charge in [-0.2, -0.15) is 4.72 Å². The van der Waals surface area contributed by atoms with Gasteiger partial charge in [0.15, 0.2) is 12.4 Å². The number of hydrogen-bond donors (Lipinski definition) is 1. The average molecular weight is 341 g/mol. The Hall–Kier alpha value is -1.73. The van der Waals surface area contributed by atoms with E-state index in [4.69, 9.17) is 4.74 Å². The molecular weight excluding hydrogens is 318 g/mol. The fourth-order valence-corrected chi connectivity index (χ4v) is 2.59. The van der Waals surface area contributed by atoms with Crippen molar-refractivity contribution in [2.24, 2.45) is 5.41 Å². The number of esters is 1. The molecule has 0 saturated heterocycles. The van der Waals surface area contributed by atoms with Crippen LogP contribution in [-0.2, 0) is 24.3 Å². The number of Topliss-reactive ketones (excluding diaryl/α,β-unsaturated/α-hetero) is 1. The first-order chi connectivity index (χ1) is 10.4. The van der Waals surface area contributed by atoms with E-state index in [1.165, 1.54) is 12.1 Å². The predicted molar refractivity (Wildman–Crippen MR) is 86.5 cm³/mol. The zero-order valence-electron chi connectivity index (χ0n) is 14.1. The number of ketones is 1. The van der Waals surface area contributed by atoms with Gasteiger partial charge in [0.2, 0.25) is 10.0 Å². The van der Waals surface area contributed by atoms with Gasteiger partial charge in [-0.3, -0.25) is 9.59 Å². The molecule has 0 aliphatic carbocycles. The second-order valence-electron chi connectivity index (χ2n) is 6.40. The van der Waals surface area contributed by atoms with Crippen molar-refractivity contribution < 1.29 is 22.7 Å². The van der Waals surface area contributed by atoms with Crippen LogP contribution < -0.4 is 4.72 Å². The van der Waals surface area contributed by atoms with Crippen molar-refractivity contribution in [2.45, 2.75) is 39.5 Å². The SMILES string of the molecule is Cc1ccc(S(=O)(=O)NCC(=O)OCC(=O)C(C)(C)C)cc1C. The van der Waals surface area contributed by atoms with E-state index in [1.54, 1.807) is 33.8 Å². The minimum atomic E-state index is -3.80. The van der Waals surface area contributed by atoms with Crippen molar-refractivity contribution >= 4 is 21.8 Å². The largest absolute Gasteiger partial charge is 0.457 e. The number of rotatable bonds is 6. The lowest BCUT2D eigenvalue weighted by atomic mass is 9.91. The smallest absolute Gasteiger partial charge is 0.321 e. The lowest BCUT2D eigenvalue weighted by Gasteiger charge is -2.16. The van der Waals surface area contributed by atoms with E-state index >= 15 is 0 Å². The monoisotopic (exact) mass is 341 g/mol. The van der Waals surface area contributed by atoms with Crippen molar-refractivity contribution in [3.63, 3.8) is 0 Å². The van der Waals surface area contributed by atoms with Crippen molar-refractivity contribution in [1.29, 1.82) is 0 Å². The summed E-state index contributed by atoms with van der Waals surface area (Å²) < 4.78 is 31.2. The Balaban J connectivity index is 2.61. The third kappa shape index (κ3) is 5.76. The molecule has 0 saturated carbocycles. The first-order valence-corrected chi connectivity index (χ1v) is 8.67. The average Bonchev–Trinajstić information content (AvgIpc) is 2.44. The van der Waals surface area contributed by atoms with Crippen LogP contribution in [0.3, 0.4) is 0 Å². The number of carbonyl (C=O) groups is 2. The van der Waals surface area contributed by atoms with Gasteiger partial charge in [0.05, 0.1) is 4.90 Å². The zero-order valence-corrected chi connectivity index (χ0v) is 14.9. The zero-order chi connectivity index (χ0) is 17.8. The maximum absolute atomic E-state index is 12.1. The van der Waals surface area contributed by atoms with Crippen LogP contribution in [-0.4, -0.2) is 33.3 Å². The Labute approximate surface area is 137 Å². The number of carbonyl (C=O) groups excluding carboxylic acids is 2. The molecule has 23 heavy (non-hydrogen) atoms. The van der Waals surface area contributed by atoms with Gasteiger partial charge in [0.25, 0.3) is 0 Å². The van der Waals surface area contributed by atoms with E-state index in [0.717, 1.165) is 11.1 Å². The molecule has 0 radical (unpaired) electrons. The Morgan fingerprint density at radius 1 is 1.13 bits per heavy atom. The lowest BCUT2D eigenvalue weighted by molar-refractivity contribution is -0.148. The van der Waals surface area contributed by atoms with Crippen LogP contribution in [0.5, 0.6) is 0 Å². The van der Waals surface area contributed by atoms with Crippen molar-refractivity contribution in [3.8, 4) is 0 Å². The van der Waals surface area contributed by atoms with Crippen LogP contribution >= 0.6 is 0 Å². The number of sulfonamides is 1. The fraction of sp³-hybridized carbons (Fsp3) is 0.500. The molecule has 0 unspecified atom stereocenters. The maximum Gasteiger partial charge on any atom is 0.321 e. The van der Waals surface area contributed by atoms with E-state index in [-0.39, 0.29) is 17.3 Å². The summed E-state index contributed by atoms with van der Waals surface area (Å²) in [6, 6.07) is 4.70. The molecule has 0 aliphatic rings. The second-order valence-corrected chi connectivity index (χ2v) is 8.17. The van der Waals surface area contributed by atoms with E-state index < -0.39 is 28.0 Å². The van der Waals surface area contributed by atoms with Crippen LogP contribution in [0.1, 0.15) is 31.9 Å². The van der Waals surface area contributed by atoms with E-state index in [2.05, 4.69) is 4.72 Å². The standard InChI is InChI=1S/C16H23NO5S/c1-11-6-7-13(8-12(11)2)23(20,21)17-9-15(19)22-10-14(18)16(3,4)5/h6-8,17H,9-10H2,1-5H3. The number of ether oxygens (including phenoxy) is 1. The van der Waals surface area contributed by atoms with E-state index in [1.807, 2.05) is 6.92 Å². The number of aryl methyl sites for hydroxylation is 2. The number of benzene rings is 1. The highest BCUT2D eigenvalue weighted by atomic mass is 32.2. The van der Waals surface area contributed by atoms with Gasteiger partial charge in [-0.1, -0.05) is 26.8 Å². The first-order valence-electron chi connectivity index (χ1n) is 7.19. The molecule has 0 amide bonds. The molecule has 0 aliphatic heterocycles. The highest BCUT2D eigenvalue weighted by Gasteiger charge is 2.23. The summed E-state index contributed by atoms with van der Waals surface area (Å²) in [6.45, 7) is 7.94. The third-order valence-electron chi connectivity index (χ3n) is 3.40. The summed E-state index contributed by atoms with van der Waals surface area (Å²) in [7, 11) is -3.80. The minimum Gasteiger partial charge on any atom is -0.457 e. The van der Waals surface area contributed by atoms with Crippen LogP contribution in [0.4, 0.5) is 0 Å². The minimum absolute atomic E-state index is 0.0826. The van der Waals surface area contributed by atoms with Gasteiger partial charge in [-0.25, -0.2) is 8.42 Å². The van der Waals surface area contributed by atoms with Crippen molar-refractivity contribution in [1.82, 2.24) is 4.72 Å². The molecule has 128 valence electrons. The molecule has 0 aromatic heterocycles. The van der Waals surface area contributed by atoms with E-state index in [9.17, 15) is 18.0 Å². The Morgan fingerprint density at radius 2 is 1.74 bits per heavy atom. The molecule has 1 rings (SSSR count). The normalized spacial score (nSPS) is 12.0. The van der Waals surface area contributed by atoms with E-state index in [0.29, 0.717) is 0 Å². The Kier molecular flexibility index (Phi) is 6.07. The van der Waals surface area contributed by atoms with Crippen LogP contribution in [0, 0.1) is 19.3 Å². The van der Waals surface area contributed by atoms with Crippen molar-refractivity contribution in [3.05, 3.63) is 29.3 Å². The summed E-state index contributed by atoms with van der Waals surface area (Å²) in [5.74, 6) is -1.03. The highest BCUT2D eigenvalue weighted by molar-refractivity contribution is 7.89. The lowest BCUT2D eigenvalue weighted by Crippen LogP contribution is -2.33. The van der Waals surface area contributed by atoms with Gasteiger partial charge in [0, 0.05) is 5.41 Å². The molecule has 0 fully saturated rings. The third-order valence-corrected chi connectivity index (χ3v) is 4.79. The molecule has 1 aromatic rings. The Bertz CT molecular complexity index is 702. The number of hydrogen-bond acceptors (Lipinski definition) is 5. The summed E-state index contributed by atoms with van der Waals surface area (Å²) in [5, 5.41) is 0. The summed E-state index contributed by atoms with van der Waals surface area (Å²) in [4.78, 5) is 23.3. The van der Waals surface area contributed by atoms with Gasteiger partial charge in [-0.05, 0) is 37.1 Å².